The van der Waals surface area contributed by atoms with Gasteiger partial charge in [-0.15, -0.1) is 23.5 Å². The van der Waals surface area contributed by atoms with E-state index in [1.54, 1.807) is 0 Å². The molecule has 8 aromatic carbocycles. The molecule has 2 aliphatic heterocycles. The molecule has 0 unspecified atom stereocenters. The van der Waals surface area contributed by atoms with E-state index >= 15 is 0 Å². The Bertz CT molecular complexity index is 4240. The largest absolute Gasteiger partial charge is 0.490 e. The van der Waals surface area contributed by atoms with Crippen LogP contribution < -0.4 is 26.2 Å². The molecule has 0 amide bonds. The second kappa shape index (κ2) is 47.8. The zero-order chi connectivity index (χ0) is 75.9. The van der Waals surface area contributed by atoms with Crippen LogP contribution in [0.15, 0.2) is 107 Å². The van der Waals surface area contributed by atoms with Gasteiger partial charge in [-0.25, -0.2) is 0 Å². The molecule has 576 valence electrons. The summed E-state index contributed by atoms with van der Waals surface area (Å²) in [5, 5.41) is 8.05. The van der Waals surface area contributed by atoms with Gasteiger partial charge < -0.3 is 26.2 Å². The van der Waals surface area contributed by atoms with E-state index in [0.717, 1.165) is 176 Å². The Kier molecular flexibility index (Phi) is 37.6. The highest BCUT2D eigenvalue weighted by atomic mass is 32.2. The Balaban J connectivity index is 0.000000250. The van der Waals surface area contributed by atoms with Gasteiger partial charge in [-0.05, 0) is 179 Å². The predicted octanol–water partition coefficient (Wildman–Crippen LogP) is 28.6. The Morgan fingerprint density at radius 3 is 0.935 bits per heavy atom. The first-order valence-electron chi connectivity index (χ1n) is 41.6. The van der Waals surface area contributed by atoms with Crippen molar-refractivity contribution >= 4 is 89.3 Å². The lowest BCUT2D eigenvalue weighted by molar-refractivity contribution is 0.304. The number of hydrogen-bond donors (Lipinski definition) is 0. The van der Waals surface area contributed by atoms with Crippen LogP contribution in [0, 0.1) is 47.4 Å². The molecule has 0 spiro atoms. The smallest absolute Gasteiger partial charge is 0.418 e. The lowest BCUT2D eigenvalue weighted by atomic mass is 9.89. The Morgan fingerprint density at radius 2 is 0.602 bits per heavy atom. The predicted molar refractivity (Wildman–Crippen MR) is 464 cm³/mol. The first kappa shape index (κ1) is 84.9. The number of thioether (sulfide) groups is 2. The fourth-order valence-electron chi connectivity index (χ4n) is 14.0. The molecule has 0 aromatic heterocycles. The third-order valence-electron chi connectivity index (χ3n) is 19.8. The summed E-state index contributed by atoms with van der Waals surface area (Å²) in [6.07, 6.45) is 42.6. The maximum absolute atomic E-state index is 13.7. The summed E-state index contributed by atoms with van der Waals surface area (Å²) in [4.78, 5) is 2.46. The Labute approximate surface area is 663 Å². The maximum Gasteiger partial charge on any atom is 0.418 e. The van der Waals surface area contributed by atoms with Crippen LogP contribution in [0.4, 0.5) is 0 Å². The van der Waals surface area contributed by atoms with E-state index in [0.29, 0.717) is 47.7 Å². The number of unbranched alkanes of at least 4 members (excludes halogenated alkanes) is 28. The Morgan fingerprint density at radius 1 is 0.306 bits per heavy atom. The molecule has 2 aliphatic rings. The van der Waals surface area contributed by atoms with Crippen LogP contribution in [-0.2, 0) is 22.7 Å². The van der Waals surface area contributed by atoms with E-state index in [2.05, 4.69) is 188 Å². The normalized spacial score (nSPS) is 12.1. The van der Waals surface area contributed by atoms with E-state index in [1.807, 2.05) is 35.7 Å². The SMILES string of the molecule is CCCCCCCCC#Cc1cc2cc(SCCC)ccc2c2c1OS(=O)Oc1c(C#CCCCCCCCC)cc3cc(SCCC)ccc3c1-2.CCCCCCCCCCC#Cc1ccc2c3c(c(OCCC)cc2c1)OS(=O)Oc1c(OCCC)cc2cc(C#CCCCCCCCCCC)ccc2c1-3. The average Bonchev–Trinajstić information content (AvgIpc) is 1.40. The van der Waals surface area contributed by atoms with Crippen molar-refractivity contribution < 1.29 is 34.6 Å². The molecule has 108 heavy (non-hydrogen) atoms. The molecule has 0 aliphatic carbocycles. The quantitative estimate of drug-likeness (QED) is 0.0210. The maximum atomic E-state index is 13.7. The van der Waals surface area contributed by atoms with Gasteiger partial charge in [0.25, 0.3) is 0 Å². The van der Waals surface area contributed by atoms with Crippen LogP contribution >= 0.6 is 23.5 Å². The summed E-state index contributed by atoms with van der Waals surface area (Å²) >= 11 is -0.466. The number of rotatable bonds is 40. The van der Waals surface area contributed by atoms with Crippen LogP contribution in [0.5, 0.6) is 34.5 Å². The lowest BCUT2D eigenvalue weighted by Gasteiger charge is -2.18. The minimum Gasteiger partial charge on any atom is -0.490 e. The summed E-state index contributed by atoms with van der Waals surface area (Å²) in [5.41, 5.74) is 6.71. The van der Waals surface area contributed by atoms with Crippen LogP contribution in [0.1, 0.15) is 309 Å². The van der Waals surface area contributed by atoms with Crippen molar-refractivity contribution in [3.05, 3.63) is 119 Å². The van der Waals surface area contributed by atoms with Gasteiger partial charge in [0.15, 0.2) is 34.5 Å². The molecular weight excluding hydrogens is 1410 g/mol. The van der Waals surface area contributed by atoms with E-state index in [9.17, 15) is 8.42 Å². The summed E-state index contributed by atoms with van der Waals surface area (Å²) in [5.74, 6) is 32.5. The second-order valence-electron chi connectivity index (χ2n) is 28.9. The van der Waals surface area contributed by atoms with Gasteiger partial charge in [-0.2, -0.15) is 8.42 Å². The molecule has 0 bridgehead atoms. The minimum atomic E-state index is -2.13. The molecule has 0 saturated carbocycles. The lowest BCUT2D eigenvalue weighted by Crippen LogP contribution is -2.09. The molecule has 0 N–H and O–H groups in total. The van der Waals surface area contributed by atoms with Gasteiger partial charge in [-0.1, -0.05) is 281 Å². The molecule has 0 radical (unpaired) electrons. The Hall–Kier alpha value is -7.16. The standard InChI is InChI=1S/C50H64O5S.C46H56O3S3/c1-5-9-11-13-15-17-19-21-23-25-27-39-29-31-43-41(35-39)37-45(52-33-7-3)49-47(43)48-44-32-30-40(28-26-24-22-20-18-16-14-12-10-6-2)36-42(44)38-46(53-34-8-4)50(48)55-56(51)54-49;1-5-9-11-13-15-17-19-21-23-35-31-37-33-39(50-29-7-3)25-27-41(37)43-44-42-28-26-40(51-30-8-4)34-38(42)32-36(46(44)49-52(47)48-45(35)43)24-22-20-18-16-14-12-10-6-2/h29-32,35-38H,5-24,33-34H2,1-4H3;25-28,31-34H,5-20,29-30H2,1-4H3. The molecule has 0 atom stereocenters. The van der Waals surface area contributed by atoms with Gasteiger partial charge in [0.1, 0.15) is 0 Å². The fraction of sp³-hybridized carbons (Fsp3) is 0.500. The van der Waals surface area contributed by atoms with Crippen molar-refractivity contribution in [3.8, 4) is 104 Å². The van der Waals surface area contributed by atoms with Crippen molar-refractivity contribution in [3.63, 3.8) is 0 Å². The zero-order valence-corrected chi connectivity index (χ0v) is 69.7. The van der Waals surface area contributed by atoms with Crippen molar-refractivity contribution in [2.45, 2.75) is 296 Å². The van der Waals surface area contributed by atoms with Gasteiger partial charge in [-0.3, -0.25) is 0 Å². The summed E-state index contributed by atoms with van der Waals surface area (Å²) in [6, 6.07) is 34.1. The van der Waals surface area contributed by atoms with Crippen LogP contribution in [0.25, 0.3) is 65.3 Å². The van der Waals surface area contributed by atoms with Crippen molar-refractivity contribution in [1.29, 1.82) is 0 Å². The van der Waals surface area contributed by atoms with E-state index < -0.39 is 22.7 Å². The first-order valence-corrected chi connectivity index (χ1v) is 45.6. The molecule has 2 heterocycles. The van der Waals surface area contributed by atoms with Gasteiger partial charge in [0, 0.05) is 68.9 Å². The van der Waals surface area contributed by atoms with Gasteiger partial charge >= 0.3 is 22.7 Å². The third-order valence-corrected chi connectivity index (χ3v) is 23.4. The third kappa shape index (κ3) is 25.4. The fourth-order valence-corrected chi connectivity index (χ4v) is 16.9. The number of fused-ring (bicyclic) bond motifs is 14. The number of ether oxygens (including phenoxy) is 2. The average molecular weight is 1530 g/mol. The minimum absolute atomic E-state index is 0.403. The monoisotopic (exact) mass is 1530 g/mol. The van der Waals surface area contributed by atoms with E-state index in [1.165, 1.54) is 164 Å². The first-order chi connectivity index (χ1) is 53.1. The summed E-state index contributed by atoms with van der Waals surface area (Å²) in [7, 11) is 0. The highest BCUT2D eigenvalue weighted by molar-refractivity contribution is 7.99. The highest BCUT2D eigenvalue weighted by Gasteiger charge is 2.33. The summed E-state index contributed by atoms with van der Waals surface area (Å²) in [6.45, 7) is 18.6. The molecule has 0 saturated heterocycles. The van der Waals surface area contributed by atoms with Gasteiger partial charge in [0.05, 0.1) is 24.3 Å². The van der Waals surface area contributed by atoms with Crippen molar-refractivity contribution in [2.24, 2.45) is 0 Å². The van der Waals surface area contributed by atoms with E-state index in [-0.39, 0.29) is 0 Å². The molecule has 10 rings (SSSR count). The number of hydrogen-bond acceptors (Lipinski definition) is 10. The molecule has 12 heteroatoms. The molecule has 8 aromatic rings. The topological polar surface area (TPSA) is 89.5 Å². The molecule has 8 nitrogen and oxygen atoms in total. The van der Waals surface area contributed by atoms with E-state index in [4.69, 9.17) is 26.2 Å². The van der Waals surface area contributed by atoms with Crippen LogP contribution in [-0.4, -0.2) is 33.1 Å². The van der Waals surface area contributed by atoms with Gasteiger partial charge in [0.2, 0.25) is 0 Å². The molecule has 0 fully saturated rings. The summed E-state index contributed by atoms with van der Waals surface area (Å²) < 4.78 is 64.6. The zero-order valence-electron chi connectivity index (χ0n) is 66.4. The second-order valence-corrected chi connectivity index (χ2v) is 32.7. The van der Waals surface area contributed by atoms with Crippen molar-refractivity contribution in [2.75, 3.05) is 24.7 Å². The molecular formula is C96H120O8S4. The van der Waals surface area contributed by atoms with Crippen molar-refractivity contribution in [1.82, 2.24) is 0 Å². The van der Waals surface area contributed by atoms with Crippen LogP contribution in [0.3, 0.4) is 0 Å². The highest BCUT2D eigenvalue weighted by Crippen LogP contribution is 2.56. The number of benzene rings is 8. The van der Waals surface area contributed by atoms with Crippen LogP contribution in [0.2, 0.25) is 0 Å².